The number of carbonyl (C=O) groups excluding carboxylic acids is 1. The van der Waals surface area contributed by atoms with Crippen LogP contribution in [0.1, 0.15) is 37.7 Å². The lowest BCUT2D eigenvalue weighted by molar-refractivity contribution is -0.125. The molecule has 2 atom stereocenters. The van der Waals surface area contributed by atoms with Crippen molar-refractivity contribution in [1.82, 2.24) is 5.32 Å². The summed E-state index contributed by atoms with van der Waals surface area (Å²) in [7, 11) is 1.70. The van der Waals surface area contributed by atoms with Gasteiger partial charge in [-0.1, -0.05) is 18.6 Å². The van der Waals surface area contributed by atoms with Gasteiger partial charge in [-0.3, -0.25) is 4.79 Å². The molecule has 1 aliphatic heterocycles. The first kappa shape index (κ1) is 12.5. The van der Waals surface area contributed by atoms with E-state index in [0.717, 1.165) is 44.4 Å². The summed E-state index contributed by atoms with van der Waals surface area (Å²) in [6, 6.07) is 8.30. The van der Waals surface area contributed by atoms with E-state index in [1.54, 1.807) is 7.11 Å². The first-order valence-electron chi connectivity index (χ1n) is 7.18. The zero-order valence-electron chi connectivity index (χ0n) is 11.4. The van der Waals surface area contributed by atoms with Gasteiger partial charge in [0.2, 0.25) is 5.91 Å². The number of hydrogen-bond acceptors (Lipinski definition) is 2. The molecule has 1 aliphatic carbocycles. The smallest absolute Gasteiger partial charge is 0.224 e. The van der Waals surface area contributed by atoms with Crippen LogP contribution in [0, 0.1) is 5.92 Å². The van der Waals surface area contributed by atoms with Crippen LogP contribution in [0.4, 0.5) is 0 Å². The van der Waals surface area contributed by atoms with Crippen molar-refractivity contribution in [2.45, 2.75) is 37.5 Å². The summed E-state index contributed by atoms with van der Waals surface area (Å²) in [5.41, 5.74) is 1.32. The summed E-state index contributed by atoms with van der Waals surface area (Å²) in [6.45, 7) is 0.820. The van der Waals surface area contributed by atoms with Crippen molar-refractivity contribution in [1.29, 1.82) is 0 Å². The molecular weight excluding hydrogens is 238 g/mol. The Hall–Kier alpha value is -1.51. The largest absolute Gasteiger partial charge is 0.497 e. The van der Waals surface area contributed by atoms with Crippen LogP contribution in [-0.2, 0) is 10.2 Å². The van der Waals surface area contributed by atoms with Crippen LogP contribution >= 0.6 is 0 Å². The van der Waals surface area contributed by atoms with Crippen LogP contribution in [0.15, 0.2) is 24.3 Å². The van der Waals surface area contributed by atoms with E-state index in [9.17, 15) is 4.79 Å². The standard InChI is InChI=1S/C16H21NO2/c1-19-13-6-2-5-12(11-13)16-8-3-7-14(16)15(18)17-10-4-9-16/h2,5-6,11,14H,3-4,7-10H2,1H3,(H,17,18)/t14-,16-/m0/s1. The minimum atomic E-state index is 0.0368. The third-order valence-electron chi connectivity index (χ3n) is 4.84. The van der Waals surface area contributed by atoms with Crippen molar-refractivity contribution in [3.8, 4) is 5.75 Å². The number of fused-ring (bicyclic) bond motifs is 1. The van der Waals surface area contributed by atoms with Crippen molar-refractivity contribution >= 4 is 5.91 Å². The maximum atomic E-state index is 12.3. The third-order valence-corrected chi connectivity index (χ3v) is 4.84. The summed E-state index contributed by atoms with van der Waals surface area (Å²) in [6.07, 6.45) is 5.46. The number of nitrogens with one attached hydrogen (secondary N) is 1. The first-order valence-corrected chi connectivity index (χ1v) is 7.18. The van der Waals surface area contributed by atoms with Gasteiger partial charge in [-0.05, 0) is 43.4 Å². The summed E-state index contributed by atoms with van der Waals surface area (Å²) in [4.78, 5) is 12.3. The van der Waals surface area contributed by atoms with Crippen LogP contribution in [-0.4, -0.2) is 19.6 Å². The predicted molar refractivity (Wildman–Crippen MR) is 74.3 cm³/mol. The molecule has 1 saturated carbocycles. The summed E-state index contributed by atoms with van der Waals surface area (Å²) in [5, 5.41) is 3.07. The Bertz CT molecular complexity index is 485. The molecule has 1 amide bonds. The van der Waals surface area contributed by atoms with Gasteiger partial charge in [0.05, 0.1) is 7.11 Å². The molecule has 1 aromatic carbocycles. The van der Waals surface area contributed by atoms with Gasteiger partial charge in [-0.2, -0.15) is 0 Å². The number of benzene rings is 1. The molecule has 0 unspecified atom stereocenters. The second kappa shape index (κ2) is 4.87. The molecule has 0 bridgehead atoms. The molecule has 2 fully saturated rings. The number of methoxy groups -OCH3 is 1. The molecule has 3 heteroatoms. The highest BCUT2D eigenvalue weighted by Crippen LogP contribution is 2.50. The maximum Gasteiger partial charge on any atom is 0.224 e. The van der Waals surface area contributed by atoms with Gasteiger partial charge >= 0.3 is 0 Å². The molecule has 0 radical (unpaired) electrons. The fraction of sp³-hybridized carbons (Fsp3) is 0.562. The highest BCUT2D eigenvalue weighted by atomic mass is 16.5. The molecule has 19 heavy (non-hydrogen) atoms. The van der Waals surface area contributed by atoms with E-state index in [-0.39, 0.29) is 17.2 Å². The molecule has 2 aliphatic rings. The average molecular weight is 259 g/mol. The molecule has 1 heterocycles. The molecule has 3 rings (SSSR count). The SMILES string of the molecule is COc1cccc([C@]23CCCNC(=O)[C@@H]2CCC3)c1. The lowest BCUT2D eigenvalue weighted by Crippen LogP contribution is -2.38. The summed E-state index contributed by atoms with van der Waals surface area (Å²) >= 11 is 0. The zero-order chi connectivity index (χ0) is 13.3. The second-order valence-corrected chi connectivity index (χ2v) is 5.73. The van der Waals surface area contributed by atoms with E-state index in [2.05, 4.69) is 17.4 Å². The number of amides is 1. The van der Waals surface area contributed by atoms with Gasteiger partial charge in [0.1, 0.15) is 5.75 Å². The van der Waals surface area contributed by atoms with Crippen LogP contribution in [0.5, 0.6) is 5.75 Å². The number of carbonyl (C=O) groups is 1. The Labute approximate surface area is 114 Å². The molecule has 1 N–H and O–H groups in total. The van der Waals surface area contributed by atoms with Gasteiger partial charge < -0.3 is 10.1 Å². The fourth-order valence-electron chi connectivity index (χ4n) is 3.91. The molecule has 0 aromatic heterocycles. The van der Waals surface area contributed by atoms with Crippen LogP contribution in [0.2, 0.25) is 0 Å². The van der Waals surface area contributed by atoms with Crippen molar-refractivity contribution in [3.63, 3.8) is 0 Å². The Morgan fingerprint density at radius 1 is 1.32 bits per heavy atom. The van der Waals surface area contributed by atoms with Crippen LogP contribution in [0.3, 0.4) is 0 Å². The summed E-state index contributed by atoms with van der Waals surface area (Å²) in [5.74, 6) is 1.28. The van der Waals surface area contributed by atoms with Crippen molar-refractivity contribution in [3.05, 3.63) is 29.8 Å². The topological polar surface area (TPSA) is 38.3 Å². The van der Waals surface area contributed by atoms with Gasteiger partial charge in [-0.15, -0.1) is 0 Å². The average Bonchev–Trinajstić information content (AvgIpc) is 2.82. The minimum Gasteiger partial charge on any atom is -0.497 e. The highest BCUT2D eigenvalue weighted by molar-refractivity contribution is 5.81. The predicted octanol–water partition coefficient (Wildman–Crippen LogP) is 2.64. The van der Waals surface area contributed by atoms with Crippen molar-refractivity contribution in [2.75, 3.05) is 13.7 Å². The Morgan fingerprint density at radius 2 is 2.16 bits per heavy atom. The van der Waals surface area contributed by atoms with Crippen LogP contribution in [0.25, 0.3) is 0 Å². The van der Waals surface area contributed by atoms with Gasteiger partial charge in [-0.25, -0.2) is 0 Å². The summed E-state index contributed by atoms with van der Waals surface area (Å²) < 4.78 is 5.35. The molecule has 1 saturated heterocycles. The molecule has 3 nitrogen and oxygen atoms in total. The molecule has 1 aromatic rings. The minimum absolute atomic E-state index is 0.0368. The van der Waals surface area contributed by atoms with E-state index < -0.39 is 0 Å². The lowest BCUT2D eigenvalue weighted by Gasteiger charge is -2.33. The van der Waals surface area contributed by atoms with Crippen molar-refractivity contribution < 1.29 is 9.53 Å². The van der Waals surface area contributed by atoms with Gasteiger partial charge in [0.25, 0.3) is 0 Å². The maximum absolute atomic E-state index is 12.3. The monoisotopic (exact) mass is 259 g/mol. The van der Waals surface area contributed by atoms with E-state index >= 15 is 0 Å². The number of hydrogen-bond donors (Lipinski definition) is 1. The van der Waals surface area contributed by atoms with E-state index in [4.69, 9.17) is 4.74 Å². The molecule has 102 valence electrons. The normalized spacial score (nSPS) is 30.4. The first-order chi connectivity index (χ1) is 9.26. The third kappa shape index (κ3) is 2.01. The van der Waals surface area contributed by atoms with Gasteiger partial charge in [0.15, 0.2) is 0 Å². The Balaban J connectivity index is 2.04. The van der Waals surface area contributed by atoms with Crippen LogP contribution < -0.4 is 10.1 Å². The zero-order valence-corrected chi connectivity index (χ0v) is 11.4. The fourth-order valence-corrected chi connectivity index (χ4v) is 3.91. The Morgan fingerprint density at radius 3 is 3.00 bits per heavy atom. The van der Waals surface area contributed by atoms with E-state index in [1.165, 1.54) is 5.56 Å². The Kier molecular flexibility index (Phi) is 3.21. The highest BCUT2D eigenvalue weighted by Gasteiger charge is 2.48. The number of ether oxygens (including phenoxy) is 1. The second-order valence-electron chi connectivity index (χ2n) is 5.73. The van der Waals surface area contributed by atoms with Gasteiger partial charge in [0, 0.05) is 17.9 Å². The molecular formula is C16H21NO2. The van der Waals surface area contributed by atoms with E-state index in [0.29, 0.717) is 0 Å². The van der Waals surface area contributed by atoms with E-state index in [1.807, 2.05) is 12.1 Å². The lowest BCUT2D eigenvalue weighted by atomic mass is 9.69. The molecule has 0 spiro atoms. The number of rotatable bonds is 2. The quantitative estimate of drug-likeness (QED) is 0.886. The van der Waals surface area contributed by atoms with Crippen molar-refractivity contribution in [2.24, 2.45) is 5.92 Å².